The van der Waals surface area contributed by atoms with Crippen molar-refractivity contribution in [3.63, 3.8) is 0 Å². The number of amides is 1. The van der Waals surface area contributed by atoms with Crippen LogP contribution in [0.5, 0.6) is 5.75 Å². The Morgan fingerprint density at radius 1 is 1.14 bits per heavy atom. The van der Waals surface area contributed by atoms with Crippen molar-refractivity contribution in [2.24, 2.45) is 0 Å². The molecule has 0 saturated carbocycles. The molecule has 21 heavy (non-hydrogen) atoms. The molecular weight excluding hydrogens is 294 g/mol. The van der Waals surface area contributed by atoms with Crippen LogP contribution in [-0.4, -0.2) is 22.1 Å². The number of aryl methyl sites for hydroxylation is 1. The van der Waals surface area contributed by atoms with Crippen LogP contribution in [0.2, 0.25) is 5.02 Å². The van der Waals surface area contributed by atoms with Crippen molar-refractivity contribution in [2.75, 3.05) is 5.32 Å². The second kappa shape index (κ2) is 5.85. The molecule has 0 spiro atoms. The average Bonchev–Trinajstić information content (AvgIpc) is 2.43. The number of anilines is 1. The number of phenols is 1. The summed E-state index contributed by atoms with van der Waals surface area (Å²) in [5.74, 6) is -1.62. The Bertz CT molecular complexity index is 728. The van der Waals surface area contributed by atoms with Crippen molar-refractivity contribution < 1.29 is 19.8 Å². The normalized spacial score (nSPS) is 10.2. The monoisotopic (exact) mass is 305 g/mol. The zero-order valence-corrected chi connectivity index (χ0v) is 11.8. The van der Waals surface area contributed by atoms with Gasteiger partial charge in [-0.15, -0.1) is 0 Å². The Morgan fingerprint density at radius 2 is 1.86 bits per heavy atom. The van der Waals surface area contributed by atoms with E-state index in [-0.39, 0.29) is 21.9 Å². The van der Waals surface area contributed by atoms with E-state index in [0.29, 0.717) is 11.3 Å². The van der Waals surface area contributed by atoms with Crippen molar-refractivity contribution in [3.05, 3.63) is 58.1 Å². The minimum Gasteiger partial charge on any atom is -0.506 e. The maximum absolute atomic E-state index is 12.0. The standard InChI is InChI=1S/C15H12ClNO4/c1-8-2-4-10(7-11(8)15(20)21)17-14(19)9-3-5-13(18)12(16)6-9/h2-7,18H,1H3,(H,17,19)(H,20,21). The largest absolute Gasteiger partial charge is 0.506 e. The summed E-state index contributed by atoms with van der Waals surface area (Å²) >= 11 is 5.74. The Hall–Kier alpha value is -2.53. The lowest BCUT2D eigenvalue weighted by Gasteiger charge is -2.08. The first-order chi connectivity index (χ1) is 9.88. The number of aromatic carboxylic acids is 1. The maximum atomic E-state index is 12.0. The number of carbonyl (C=O) groups is 2. The summed E-state index contributed by atoms with van der Waals surface area (Å²) in [6.07, 6.45) is 0. The van der Waals surface area contributed by atoms with E-state index in [1.54, 1.807) is 19.1 Å². The minimum atomic E-state index is -1.06. The average molecular weight is 306 g/mol. The number of carbonyl (C=O) groups excluding carboxylic acids is 1. The van der Waals surface area contributed by atoms with Gasteiger partial charge in [-0.05, 0) is 42.8 Å². The third-order valence-electron chi connectivity index (χ3n) is 2.94. The molecule has 6 heteroatoms. The molecule has 0 aliphatic rings. The minimum absolute atomic E-state index is 0.0674. The number of carboxylic acid groups (broad SMARTS) is 1. The molecular formula is C15H12ClNO4. The smallest absolute Gasteiger partial charge is 0.336 e. The fourth-order valence-electron chi connectivity index (χ4n) is 1.78. The Morgan fingerprint density at radius 3 is 2.48 bits per heavy atom. The fraction of sp³-hybridized carbons (Fsp3) is 0.0667. The van der Waals surface area contributed by atoms with E-state index in [2.05, 4.69) is 5.32 Å². The topological polar surface area (TPSA) is 86.6 Å². The lowest BCUT2D eigenvalue weighted by atomic mass is 10.1. The summed E-state index contributed by atoms with van der Waals surface area (Å²) in [6, 6.07) is 8.68. The first-order valence-corrected chi connectivity index (χ1v) is 6.40. The predicted molar refractivity (Wildman–Crippen MR) is 79.2 cm³/mol. The Balaban J connectivity index is 2.25. The van der Waals surface area contributed by atoms with Gasteiger partial charge >= 0.3 is 5.97 Å². The van der Waals surface area contributed by atoms with E-state index in [1.165, 1.54) is 24.3 Å². The van der Waals surface area contributed by atoms with Crippen LogP contribution in [0.25, 0.3) is 0 Å². The highest BCUT2D eigenvalue weighted by Crippen LogP contribution is 2.24. The molecule has 2 aromatic rings. The highest BCUT2D eigenvalue weighted by molar-refractivity contribution is 6.32. The summed E-state index contributed by atoms with van der Waals surface area (Å²) < 4.78 is 0. The number of nitrogens with one attached hydrogen (secondary N) is 1. The number of halogens is 1. The molecule has 0 bridgehead atoms. The first kappa shape index (κ1) is 14.9. The molecule has 0 aromatic heterocycles. The van der Waals surface area contributed by atoms with E-state index in [1.807, 2.05) is 0 Å². The van der Waals surface area contributed by atoms with Crippen molar-refractivity contribution in [3.8, 4) is 5.75 Å². The molecule has 0 aliphatic heterocycles. The molecule has 0 heterocycles. The zero-order chi connectivity index (χ0) is 15.6. The molecule has 108 valence electrons. The molecule has 0 atom stereocenters. The maximum Gasteiger partial charge on any atom is 0.336 e. The van der Waals surface area contributed by atoms with Crippen molar-refractivity contribution in [2.45, 2.75) is 6.92 Å². The van der Waals surface area contributed by atoms with Gasteiger partial charge in [-0.1, -0.05) is 17.7 Å². The first-order valence-electron chi connectivity index (χ1n) is 6.02. The third-order valence-corrected chi connectivity index (χ3v) is 3.24. The second-order valence-electron chi connectivity index (χ2n) is 4.46. The summed E-state index contributed by atoms with van der Waals surface area (Å²) in [4.78, 5) is 23.1. The molecule has 1 amide bonds. The van der Waals surface area contributed by atoms with Crippen LogP contribution in [0.1, 0.15) is 26.3 Å². The molecule has 2 rings (SSSR count). The lowest BCUT2D eigenvalue weighted by molar-refractivity contribution is 0.0695. The van der Waals surface area contributed by atoms with Crippen molar-refractivity contribution in [1.82, 2.24) is 0 Å². The summed E-state index contributed by atoms with van der Waals surface area (Å²) in [7, 11) is 0. The molecule has 0 aliphatic carbocycles. The molecule has 0 fully saturated rings. The van der Waals surface area contributed by atoms with Crippen LogP contribution in [-0.2, 0) is 0 Å². The number of hydrogen-bond acceptors (Lipinski definition) is 3. The number of hydrogen-bond donors (Lipinski definition) is 3. The quantitative estimate of drug-likeness (QED) is 0.812. The van der Waals surface area contributed by atoms with Gasteiger partial charge < -0.3 is 15.5 Å². The Labute approximate surface area is 125 Å². The van der Waals surface area contributed by atoms with Gasteiger partial charge in [0.05, 0.1) is 10.6 Å². The molecule has 2 aromatic carbocycles. The van der Waals surface area contributed by atoms with Gasteiger partial charge in [-0.3, -0.25) is 4.79 Å². The van der Waals surface area contributed by atoms with E-state index < -0.39 is 11.9 Å². The van der Waals surface area contributed by atoms with E-state index in [0.717, 1.165) is 0 Å². The van der Waals surface area contributed by atoms with E-state index in [9.17, 15) is 14.7 Å². The lowest BCUT2D eigenvalue weighted by Crippen LogP contribution is -2.12. The number of phenolic OH excluding ortho intramolecular Hbond substituents is 1. The third kappa shape index (κ3) is 3.32. The second-order valence-corrected chi connectivity index (χ2v) is 4.86. The van der Waals surface area contributed by atoms with Crippen LogP contribution in [0.3, 0.4) is 0 Å². The molecule has 3 N–H and O–H groups in total. The molecule has 0 saturated heterocycles. The van der Waals surface area contributed by atoms with Gasteiger partial charge in [0.25, 0.3) is 5.91 Å². The zero-order valence-electron chi connectivity index (χ0n) is 11.1. The Kier molecular flexibility index (Phi) is 4.14. The van der Waals surface area contributed by atoms with Crippen LogP contribution >= 0.6 is 11.6 Å². The predicted octanol–water partition coefficient (Wildman–Crippen LogP) is 3.30. The number of carboxylic acids is 1. The number of aromatic hydroxyl groups is 1. The number of rotatable bonds is 3. The fourth-order valence-corrected chi connectivity index (χ4v) is 1.96. The van der Waals surface area contributed by atoms with Gasteiger partial charge in [0.15, 0.2) is 0 Å². The van der Waals surface area contributed by atoms with E-state index in [4.69, 9.17) is 16.7 Å². The van der Waals surface area contributed by atoms with Gasteiger partial charge in [-0.2, -0.15) is 0 Å². The van der Waals surface area contributed by atoms with Crippen molar-refractivity contribution in [1.29, 1.82) is 0 Å². The molecule has 5 nitrogen and oxygen atoms in total. The highest BCUT2D eigenvalue weighted by Gasteiger charge is 2.12. The van der Waals surface area contributed by atoms with Gasteiger partial charge in [0.2, 0.25) is 0 Å². The summed E-state index contributed by atoms with van der Waals surface area (Å²) in [6.45, 7) is 1.68. The summed E-state index contributed by atoms with van der Waals surface area (Å²) in [5, 5.41) is 21.0. The number of benzene rings is 2. The van der Waals surface area contributed by atoms with Gasteiger partial charge in [0, 0.05) is 11.3 Å². The van der Waals surface area contributed by atoms with E-state index >= 15 is 0 Å². The van der Waals surface area contributed by atoms with Crippen LogP contribution < -0.4 is 5.32 Å². The van der Waals surface area contributed by atoms with Gasteiger partial charge in [-0.25, -0.2) is 4.79 Å². The molecule has 0 radical (unpaired) electrons. The SMILES string of the molecule is Cc1ccc(NC(=O)c2ccc(O)c(Cl)c2)cc1C(=O)O. The molecule has 0 unspecified atom stereocenters. The van der Waals surface area contributed by atoms with Crippen LogP contribution in [0.15, 0.2) is 36.4 Å². The highest BCUT2D eigenvalue weighted by atomic mass is 35.5. The van der Waals surface area contributed by atoms with Crippen LogP contribution in [0.4, 0.5) is 5.69 Å². The van der Waals surface area contributed by atoms with Crippen LogP contribution in [0, 0.1) is 6.92 Å². The summed E-state index contributed by atoms with van der Waals surface area (Å²) in [5.41, 5.74) is 1.35. The van der Waals surface area contributed by atoms with Crippen molar-refractivity contribution >= 4 is 29.2 Å². The van der Waals surface area contributed by atoms with Gasteiger partial charge in [0.1, 0.15) is 5.75 Å².